The lowest BCUT2D eigenvalue weighted by atomic mass is 9.35. The maximum atomic E-state index is 14.0. The summed E-state index contributed by atoms with van der Waals surface area (Å²) in [5.74, 6) is -0.664. The van der Waals surface area contributed by atoms with Crippen molar-refractivity contribution in [2.24, 2.45) is 15.9 Å². The summed E-state index contributed by atoms with van der Waals surface area (Å²) in [4.78, 5) is 17.5. The van der Waals surface area contributed by atoms with Crippen LogP contribution in [-0.4, -0.2) is 28.7 Å². The first-order valence-corrected chi connectivity index (χ1v) is 10.2. The number of carbonyl (C=O) groups excluding carboxylic acids is 1. The molecule has 0 saturated heterocycles. The zero-order chi connectivity index (χ0) is 21.1. The van der Waals surface area contributed by atoms with E-state index in [4.69, 9.17) is 4.74 Å². The highest BCUT2D eigenvalue weighted by molar-refractivity contribution is 5.88. The van der Waals surface area contributed by atoms with Crippen LogP contribution in [0.3, 0.4) is 0 Å². The molecule has 1 aromatic carbocycles. The Morgan fingerprint density at radius 2 is 1.90 bits per heavy atom. The van der Waals surface area contributed by atoms with E-state index < -0.39 is 23.1 Å². The minimum absolute atomic E-state index is 0.0139. The quantitative estimate of drug-likeness (QED) is 0.729. The summed E-state index contributed by atoms with van der Waals surface area (Å²) in [6.07, 6.45) is 6.12. The lowest BCUT2D eigenvalue weighted by Crippen LogP contribution is -2.69. The first-order valence-electron chi connectivity index (χ1n) is 10.2. The van der Waals surface area contributed by atoms with Crippen LogP contribution in [0.2, 0.25) is 0 Å². The van der Waals surface area contributed by atoms with Crippen LogP contribution in [0.25, 0.3) is 0 Å². The third-order valence-electron chi connectivity index (χ3n) is 6.73. The maximum Gasteiger partial charge on any atom is 0.249 e. The topological polar surface area (TPSA) is 54.8 Å². The fourth-order valence-corrected chi connectivity index (χ4v) is 5.13. The highest BCUT2D eigenvalue weighted by Gasteiger charge is 2.73. The number of hydrogen-bond donors (Lipinski definition) is 0. The number of aryl methyl sites for hydroxylation is 1. The van der Waals surface area contributed by atoms with Crippen molar-refractivity contribution in [2.75, 3.05) is 6.61 Å². The van der Waals surface area contributed by atoms with Gasteiger partial charge in [-0.3, -0.25) is 4.79 Å². The molecule has 7 heteroatoms. The fraction of sp³-hybridized carbons (Fsp3) is 0.435. The highest BCUT2D eigenvalue weighted by atomic mass is 19.1. The third kappa shape index (κ3) is 2.90. The van der Waals surface area contributed by atoms with Gasteiger partial charge in [0.2, 0.25) is 11.8 Å². The SMILES string of the molecule is Cc1ccc(OCC23CC(C(=O)N4N=CC[C@H]4c4cc(F)c(C)c(F)c4)(C2)C3)nc1. The molecule has 6 rings (SSSR count). The van der Waals surface area contributed by atoms with Crippen LogP contribution in [0, 0.1) is 36.3 Å². The Hall–Kier alpha value is -2.83. The molecule has 1 amide bonds. The molecule has 0 N–H and O–H groups in total. The van der Waals surface area contributed by atoms with Gasteiger partial charge in [-0.2, -0.15) is 5.10 Å². The normalized spacial score (nSPS) is 28.8. The molecule has 2 heterocycles. The monoisotopic (exact) mass is 411 g/mol. The van der Waals surface area contributed by atoms with Crippen molar-refractivity contribution in [3.63, 3.8) is 0 Å². The van der Waals surface area contributed by atoms with Gasteiger partial charge in [0.1, 0.15) is 11.6 Å². The Morgan fingerprint density at radius 1 is 1.20 bits per heavy atom. The Labute approximate surface area is 173 Å². The zero-order valence-corrected chi connectivity index (χ0v) is 17.0. The van der Waals surface area contributed by atoms with Crippen LogP contribution in [0.5, 0.6) is 5.88 Å². The molecule has 3 fully saturated rings. The molecule has 5 nitrogen and oxygen atoms in total. The summed E-state index contributed by atoms with van der Waals surface area (Å²) < 4.78 is 33.9. The molecule has 2 aromatic rings. The number of hydrazone groups is 1. The Kier molecular flexibility index (Phi) is 4.21. The van der Waals surface area contributed by atoms with Gasteiger partial charge in [-0.1, -0.05) is 6.07 Å². The molecular weight excluding hydrogens is 388 g/mol. The molecule has 30 heavy (non-hydrogen) atoms. The van der Waals surface area contributed by atoms with Crippen LogP contribution in [0.15, 0.2) is 35.6 Å². The largest absolute Gasteiger partial charge is 0.477 e. The molecule has 0 radical (unpaired) electrons. The lowest BCUT2D eigenvalue weighted by Gasteiger charge is -2.69. The second-order valence-corrected chi connectivity index (χ2v) is 9.08. The second-order valence-electron chi connectivity index (χ2n) is 9.08. The van der Waals surface area contributed by atoms with Gasteiger partial charge in [-0.15, -0.1) is 0 Å². The minimum atomic E-state index is -0.601. The summed E-state index contributed by atoms with van der Waals surface area (Å²) in [6, 6.07) is 5.97. The summed E-state index contributed by atoms with van der Waals surface area (Å²) in [7, 11) is 0. The van der Waals surface area contributed by atoms with E-state index in [0.717, 1.165) is 24.8 Å². The first-order chi connectivity index (χ1) is 14.3. The molecular formula is C23H23F2N3O2. The predicted octanol–water partition coefficient (Wildman–Crippen LogP) is 4.49. The van der Waals surface area contributed by atoms with Crippen molar-refractivity contribution in [2.45, 2.75) is 45.6 Å². The maximum absolute atomic E-state index is 14.0. The summed E-state index contributed by atoms with van der Waals surface area (Å²) in [5.41, 5.74) is 1.10. The molecule has 156 valence electrons. The number of halogens is 2. The average molecular weight is 411 g/mol. The van der Waals surface area contributed by atoms with Gasteiger partial charge >= 0.3 is 0 Å². The third-order valence-corrected chi connectivity index (χ3v) is 6.73. The van der Waals surface area contributed by atoms with Crippen LogP contribution in [0.4, 0.5) is 8.78 Å². The van der Waals surface area contributed by atoms with E-state index in [2.05, 4.69) is 10.1 Å². The number of ether oxygens (including phenoxy) is 1. The van der Waals surface area contributed by atoms with E-state index in [1.807, 2.05) is 19.1 Å². The summed E-state index contributed by atoms with van der Waals surface area (Å²) >= 11 is 0. The Balaban J connectivity index is 1.24. The average Bonchev–Trinajstić information content (AvgIpc) is 3.14. The molecule has 1 aliphatic heterocycles. The van der Waals surface area contributed by atoms with Gasteiger partial charge in [0.05, 0.1) is 18.1 Å². The zero-order valence-electron chi connectivity index (χ0n) is 17.0. The Bertz CT molecular complexity index is 1010. The number of amides is 1. The molecule has 3 saturated carbocycles. The molecule has 2 bridgehead atoms. The van der Waals surface area contributed by atoms with Crippen molar-refractivity contribution in [3.8, 4) is 5.88 Å². The van der Waals surface area contributed by atoms with Gasteiger partial charge in [0, 0.05) is 35.9 Å². The van der Waals surface area contributed by atoms with Gasteiger partial charge in [-0.05, 0) is 56.4 Å². The smallest absolute Gasteiger partial charge is 0.249 e. The number of rotatable bonds is 5. The van der Waals surface area contributed by atoms with Crippen LogP contribution in [0.1, 0.15) is 48.4 Å². The number of benzene rings is 1. The molecule has 0 unspecified atom stereocenters. The van der Waals surface area contributed by atoms with Gasteiger partial charge in [-0.25, -0.2) is 18.8 Å². The van der Waals surface area contributed by atoms with Gasteiger partial charge in [0.25, 0.3) is 0 Å². The van der Waals surface area contributed by atoms with E-state index in [1.54, 1.807) is 12.4 Å². The van der Waals surface area contributed by atoms with Gasteiger partial charge < -0.3 is 4.74 Å². The van der Waals surface area contributed by atoms with Gasteiger partial charge in [0.15, 0.2) is 0 Å². The van der Waals surface area contributed by atoms with Crippen LogP contribution >= 0.6 is 0 Å². The molecule has 4 aliphatic rings. The molecule has 0 spiro atoms. The molecule has 1 aromatic heterocycles. The Morgan fingerprint density at radius 3 is 2.53 bits per heavy atom. The van der Waals surface area contributed by atoms with Crippen molar-refractivity contribution in [3.05, 3.63) is 58.8 Å². The molecule has 1 atom stereocenters. The standard InChI is InChI=1S/C23H23F2N3O2/c1-14-3-4-20(26-9-14)30-13-22-10-23(11-22,12-22)21(29)28-19(5-6-27-28)16-7-17(24)15(2)18(25)8-16/h3-4,6-9,19H,5,10-13H2,1-2H3/t19-,22?,23?/m0/s1. The first kappa shape index (κ1) is 19.2. The van der Waals surface area contributed by atoms with E-state index >= 15 is 0 Å². The number of pyridine rings is 1. The van der Waals surface area contributed by atoms with Crippen molar-refractivity contribution in [1.82, 2.24) is 9.99 Å². The molecule has 3 aliphatic carbocycles. The minimum Gasteiger partial charge on any atom is -0.477 e. The summed E-state index contributed by atoms with van der Waals surface area (Å²) in [6.45, 7) is 3.91. The second kappa shape index (κ2) is 6.59. The van der Waals surface area contributed by atoms with E-state index in [9.17, 15) is 13.6 Å². The van der Waals surface area contributed by atoms with Crippen molar-refractivity contribution >= 4 is 12.1 Å². The predicted molar refractivity (Wildman–Crippen MR) is 107 cm³/mol. The van der Waals surface area contributed by atoms with Crippen molar-refractivity contribution in [1.29, 1.82) is 0 Å². The number of carbonyl (C=O) groups is 1. The van der Waals surface area contributed by atoms with Crippen LogP contribution in [-0.2, 0) is 4.79 Å². The van der Waals surface area contributed by atoms with Crippen molar-refractivity contribution < 1.29 is 18.3 Å². The lowest BCUT2D eigenvalue weighted by molar-refractivity contribution is -0.227. The summed E-state index contributed by atoms with van der Waals surface area (Å²) in [5, 5.41) is 5.67. The van der Waals surface area contributed by atoms with E-state index in [-0.39, 0.29) is 16.9 Å². The van der Waals surface area contributed by atoms with E-state index in [0.29, 0.717) is 24.5 Å². The number of nitrogens with zero attached hydrogens (tertiary/aromatic N) is 3. The highest BCUT2D eigenvalue weighted by Crippen LogP contribution is 2.74. The fourth-order valence-electron chi connectivity index (χ4n) is 5.13. The number of aromatic nitrogens is 1. The van der Waals surface area contributed by atoms with E-state index in [1.165, 1.54) is 24.1 Å². The number of hydrogen-bond acceptors (Lipinski definition) is 4. The van der Waals surface area contributed by atoms with Crippen LogP contribution < -0.4 is 4.74 Å².